The van der Waals surface area contributed by atoms with Crippen LogP contribution in [0.3, 0.4) is 0 Å². The number of amides is 3. The average molecular weight is 518 g/mol. The maximum atomic E-state index is 13.5. The highest BCUT2D eigenvalue weighted by Gasteiger charge is 2.30. The first-order valence-corrected chi connectivity index (χ1v) is 13.2. The number of carbonyl (C=O) groups excluding carboxylic acids is 3. The molecule has 1 aliphatic carbocycles. The van der Waals surface area contributed by atoms with Crippen molar-refractivity contribution in [1.82, 2.24) is 5.32 Å². The third-order valence-corrected chi connectivity index (χ3v) is 7.23. The molecule has 2 aromatic rings. The molecule has 0 bridgehead atoms. The number of nitrogens with zero attached hydrogens (tertiary/aromatic N) is 1. The third-order valence-electron chi connectivity index (χ3n) is 6.07. The molecule has 1 saturated carbocycles. The van der Waals surface area contributed by atoms with Crippen LogP contribution in [0.15, 0.2) is 42.5 Å². The number of nitrogens with one attached hydrogen (secondary N) is 2. The van der Waals surface area contributed by atoms with Crippen molar-refractivity contribution in [1.29, 1.82) is 0 Å². The minimum atomic E-state index is -1.85. The lowest BCUT2D eigenvalue weighted by molar-refractivity contribution is -0.125. The van der Waals surface area contributed by atoms with Gasteiger partial charge in [0, 0.05) is 34.3 Å². The fourth-order valence-corrected chi connectivity index (χ4v) is 5.15. The lowest BCUT2D eigenvalue weighted by atomic mass is 10.1. The third kappa shape index (κ3) is 6.39. The zero-order valence-corrected chi connectivity index (χ0v) is 20.6. The van der Waals surface area contributed by atoms with Crippen molar-refractivity contribution in [2.75, 3.05) is 28.5 Å². The van der Waals surface area contributed by atoms with Gasteiger partial charge in [-0.05, 0) is 56.2 Å². The summed E-state index contributed by atoms with van der Waals surface area (Å²) in [6, 6.07) is 9.16. The SMILES string of the molecule is C[C@H](C(=O)NC1CCCC1)N(C(=O)C[S@](=O)CC(=O)Nc1ccc2c(c1)OCO2)c1ccc(F)cc1. The second-order valence-corrected chi connectivity index (χ2v) is 10.2. The molecule has 9 nitrogen and oxygen atoms in total. The van der Waals surface area contributed by atoms with E-state index in [4.69, 9.17) is 9.47 Å². The Kier molecular flexibility index (Phi) is 8.19. The van der Waals surface area contributed by atoms with E-state index < -0.39 is 46.0 Å². The van der Waals surface area contributed by atoms with Crippen molar-refractivity contribution in [2.24, 2.45) is 0 Å². The van der Waals surface area contributed by atoms with Crippen molar-refractivity contribution < 1.29 is 32.5 Å². The average Bonchev–Trinajstić information content (AvgIpc) is 3.51. The first kappa shape index (κ1) is 25.6. The predicted molar refractivity (Wildman–Crippen MR) is 133 cm³/mol. The molecule has 2 aromatic carbocycles. The Morgan fingerprint density at radius 3 is 2.47 bits per heavy atom. The van der Waals surface area contributed by atoms with Crippen molar-refractivity contribution >= 4 is 39.9 Å². The normalized spacial score (nSPS) is 16.3. The molecular formula is C25H28FN3O6S. The second kappa shape index (κ2) is 11.5. The van der Waals surface area contributed by atoms with Crippen molar-refractivity contribution in [3.05, 3.63) is 48.3 Å². The number of halogens is 1. The van der Waals surface area contributed by atoms with Crippen molar-refractivity contribution in [3.8, 4) is 11.5 Å². The zero-order valence-electron chi connectivity index (χ0n) is 19.8. The molecule has 3 amide bonds. The van der Waals surface area contributed by atoms with Gasteiger partial charge in [0.15, 0.2) is 11.5 Å². The van der Waals surface area contributed by atoms with Crippen LogP contribution in [-0.4, -0.2) is 52.3 Å². The summed E-state index contributed by atoms with van der Waals surface area (Å²) in [6.45, 7) is 1.67. The summed E-state index contributed by atoms with van der Waals surface area (Å²) in [6.07, 6.45) is 3.83. The number of benzene rings is 2. The van der Waals surface area contributed by atoms with Crippen LogP contribution in [0.25, 0.3) is 0 Å². The Hall–Kier alpha value is -3.47. The molecule has 4 rings (SSSR count). The molecule has 1 aliphatic heterocycles. The van der Waals surface area contributed by atoms with E-state index in [-0.39, 0.29) is 18.7 Å². The summed E-state index contributed by atoms with van der Waals surface area (Å²) >= 11 is 0. The van der Waals surface area contributed by atoms with Crippen LogP contribution in [0.4, 0.5) is 15.8 Å². The van der Waals surface area contributed by atoms with Gasteiger partial charge in [-0.2, -0.15) is 0 Å². The molecule has 2 aliphatic rings. The van der Waals surface area contributed by atoms with E-state index in [0.29, 0.717) is 22.9 Å². The lowest BCUT2D eigenvalue weighted by Crippen LogP contribution is -2.51. The van der Waals surface area contributed by atoms with Crippen LogP contribution in [0.1, 0.15) is 32.6 Å². The van der Waals surface area contributed by atoms with Gasteiger partial charge in [-0.25, -0.2) is 4.39 Å². The molecule has 0 unspecified atom stereocenters. The predicted octanol–water partition coefficient (Wildman–Crippen LogP) is 2.72. The lowest BCUT2D eigenvalue weighted by Gasteiger charge is -2.29. The number of carbonyl (C=O) groups is 3. The van der Waals surface area contributed by atoms with Crippen molar-refractivity contribution in [3.63, 3.8) is 0 Å². The number of hydrogen-bond donors (Lipinski definition) is 2. The van der Waals surface area contributed by atoms with E-state index >= 15 is 0 Å². The fraction of sp³-hybridized carbons (Fsp3) is 0.400. The number of fused-ring (bicyclic) bond motifs is 1. The molecular weight excluding hydrogens is 489 g/mol. The molecule has 1 heterocycles. The molecule has 0 saturated heterocycles. The van der Waals surface area contributed by atoms with Crippen LogP contribution in [-0.2, 0) is 25.2 Å². The summed E-state index contributed by atoms with van der Waals surface area (Å²) in [5, 5.41) is 5.59. The zero-order chi connectivity index (χ0) is 25.7. The smallest absolute Gasteiger partial charge is 0.243 e. The van der Waals surface area contributed by atoms with Gasteiger partial charge in [-0.15, -0.1) is 0 Å². The standard InChI is InChI=1S/C25H28FN3O6S/c1-16(25(32)28-18-4-2-3-5-18)29(20-9-6-17(26)7-10-20)24(31)14-36(33)13-23(30)27-19-8-11-21-22(12-19)35-15-34-21/h6-12,16,18H,2-5,13-15H2,1H3,(H,27,30)(H,28,32)/t16-,36-/m1/s1. The van der Waals surface area contributed by atoms with Gasteiger partial charge in [-0.1, -0.05) is 12.8 Å². The maximum Gasteiger partial charge on any atom is 0.243 e. The largest absolute Gasteiger partial charge is 0.454 e. The number of ether oxygens (including phenoxy) is 2. The monoisotopic (exact) mass is 517 g/mol. The maximum absolute atomic E-state index is 13.5. The van der Waals surface area contributed by atoms with E-state index in [9.17, 15) is 23.0 Å². The van der Waals surface area contributed by atoms with Crippen LogP contribution < -0.4 is 25.0 Å². The molecule has 0 radical (unpaired) electrons. The highest BCUT2D eigenvalue weighted by molar-refractivity contribution is 7.86. The van der Waals surface area contributed by atoms with Crippen LogP contribution in [0, 0.1) is 5.82 Å². The second-order valence-electron chi connectivity index (χ2n) is 8.75. The highest BCUT2D eigenvalue weighted by Crippen LogP contribution is 2.34. The molecule has 36 heavy (non-hydrogen) atoms. The van der Waals surface area contributed by atoms with E-state index in [1.807, 2.05) is 0 Å². The summed E-state index contributed by atoms with van der Waals surface area (Å²) in [5.41, 5.74) is 0.745. The van der Waals surface area contributed by atoms with Crippen LogP contribution in [0.2, 0.25) is 0 Å². The van der Waals surface area contributed by atoms with Gasteiger partial charge in [-0.3, -0.25) is 23.5 Å². The first-order chi connectivity index (χ1) is 17.3. The number of anilines is 2. The summed E-state index contributed by atoms with van der Waals surface area (Å²) in [7, 11) is -1.85. The molecule has 11 heteroatoms. The molecule has 0 aromatic heterocycles. The van der Waals surface area contributed by atoms with E-state index in [1.165, 1.54) is 29.2 Å². The van der Waals surface area contributed by atoms with E-state index in [2.05, 4.69) is 10.6 Å². The summed E-state index contributed by atoms with van der Waals surface area (Å²) < 4.78 is 36.7. The van der Waals surface area contributed by atoms with Gasteiger partial charge in [0.1, 0.15) is 23.4 Å². The van der Waals surface area contributed by atoms with Gasteiger partial charge >= 0.3 is 0 Å². The molecule has 2 atom stereocenters. The quantitative estimate of drug-likeness (QED) is 0.529. The van der Waals surface area contributed by atoms with Crippen LogP contribution in [0.5, 0.6) is 11.5 Å². The first-order valence-electron chi connectivity index (χ1n) is 11.7. The minimum Gasteiger partial charge on any atom is -0.454 e. The highest BCUT2D eigenvalue weighted by atomic mass is 32.2. The van der Waals surface area contributed by atoms with Gasteiger partial charge in [0.25, 0.3) is 0 Å². The van der Waals surface area contributed by atoms with Crippen molar-refractivity contribution in [2.45, 2.75) is 44.7 Å². The van der Waals surface area contributed by atoms with E-state index in [1.54, 1.807) is 25.1 Å². The van der Waals surface area contributed by atoms with Crippen LogP contribution >= 0.6 is 0 Å². The number of hydrogen-bond acceptors (Lipinski definition) is 6. The van der Waals surface area contributed by atoms with E-state index in [0.717, 1.165) is 25.7 Å². The summed E-state index contributed by atoms with van der Waals surface area (Å²) in [4.78, 5) is 39.7. The molecule has 1 fully saturated rings. The molecule has 192 valence electrons. The Labute approximate surface area is 210 Å². The number of rotatable bonds is 9. The minimum absolute atomic E-state index is 0.0547. The summed E-state index contributed by atoms with van der Waals surface area (Å²) in [5.74, 6) is -1.82. The van der Waals surface area contributed by atoms with Gasteiger partial charge < -0.3 is 20.1 Å². The van der Waals surface area contributed by atoms with Gasteiger partial charge in [0.2, 0.25) is 24.5 Å². The Bertz CT molecular complexity index is 1150. The van der Waals surface area contributed by atoms with Gasteiger partial charge in [0.05, 0.1) is 0 Å². The Balaban J connectivity index is 1.39. The molecule has 2 N–H and O–H groups in total. The fourth-order valence-electron chi connectivity index (χ4n) is 4.27. The Morgan fingerprint density at radius 1 is 1.06 bits per heavy atom. The Morgan fingerprint density at radius 2 is 1.75 bits per heavy atom. The molecule has 0 spiro atoms. The topological polar surface area (TPSA) is 114 Å².